The highest BCUT2D eigenvalue weighted by Crippen LogP contribution is 2.39. The summed E-state index contributed by atoms with van der Waals surface area (Å²) in [4.78, 5) is 23.8. The Bertz CT molecular complexity index is 936. The van der Waals surface area contributed by atoms with E-state index >= 15 is 0 Å². The number of methoxy groups -OCH3 is 1. The molecule has 2 aliphatic heterocycles. The lowest BCUT2D eigenvalue weighted by Gasteiger charge is -2.47. The van der Waals surface area contributed by atoms with Gasteiger partial charge < -0.3 is 23.7 Å². The predicted molar refractivity (Wildman–Crippen MR) is 96.1 cm³/mol. The summed E-state index contributed by atoms with van der Waals surface area (Å²) in [6, 6.07) is 8.24. The molecule has 0 saturated carbocycles. The van der Waals surface area contributed by atoms with Crippen LogP contribution in [0.15, 0.2) is 30.3 Å². The lowest BCUT2D eigenvalue weighted by Crippen LogP contribution is -2.65. The molecule has 0 aliphatic carbocycles. The maximum Gasteiger partial charge on any atom is 0.523 e. The van der Waals surface area contributed by atoms with Crippen molar-refractivity contribution in [1.29, 1.82) is 0 Å². The van der Waals surface area contributed by atoms with Crippen LogP contribution < -0.4 is 0 Å². The summed E-state index contributed by atoms with van der Waals surface area (Å²) in [7, 11) is -5.21. The summed E-state index contributed by atoms with van der Waals surface area (Å²) in [5, 5.41) is 0. The first-order valence-corrected chi connectivity index (χ1v) is 10.6. The molecular formula is C18H19F3O10S. The third-order valence-corrected chi connectivity index (χ3v) is 5.70. The highest BCUT2D eigenvalue weighted by atomic mass is 32.2. The SMILES string of the molecule is COC(=O)[C@@H]1O[C@@H]2CO[C@H](c3ccccc3)O[C@@H]2[C@@H](OS(=O)(=O)C(F)(F)F)[C@H]1OC(C)=O. The van der Waals surface area contributed by atoms with Gasteiger partial charge in [0, 0.05) is 12.5 Å². The summed E-state index contributed by atoms with van der Waals surface area (Å²) in [5.74, 6) is -2.16. The average molecular weight is 484 g/mol. The monoisotopic (exact) mass is 484 g/mol. The third kappa shape index (κ3) is 5.04. The van der Waals surface area contributed by atoms with Crippen molar-refractivity contribution >= 4 is 22.1 Å². The largest absolute Gasteiger partial charge is 0.523 e. The minimum Gasteiger partial charge on any atom is -0.467 e. The quantitative estimate of drug-likeness (QED) is 0.342. The second kappa shape index (κ2) is 9.31. The number of fused-ring (bicyclic) bond motifs is 1. The van der Waals surface area contributed by atoms with Gasteiger partial charge >= 0.3 is 27.6 Å². The standard InChI is InChI=1S/C18H19F3O10S/c1-9(22)28-13-14(31-32(24,25)18(19,20)21)12-11(29-15(13)16(23)26-2)8-27-17(30-12)10-6-4-3-5-7-10/h3-7,11-15,17H,8H2,1-2H3/t11-,12+,13-,14-,15-,17+/m1/s1. The summed E-state index contributed by atoms with van der Waals surface area (Å²) in [6.45, 7) is 0.615. The molecule has 6 atom stereocenters. The fourth-order valence-electron chi connectivity index (χ4n) is 3.30. The van der Waals surface area contributed by atoms with Crippen LogP contribution in [-0.2, 0) is 47.6 Å². The molecule has 178 valence electrons. The molecule has 10 nitrogen and oxygen atoms in total. The van der Waals surface area contributed by atoms with Crippen molar-refractivity contribution in [1.82, 2.24) is 0 Å². The lowest BCUT2D eigenvalue weighted by molar-refractivity contribution is -0.323. The van der Waals surface area contributed by atoms with E-state index in [0.717, 1.165) is 14.0 Å². The number of rotatable bonds is 5. The zero-order chi connectivity index (χ0) is 23.7. The number of alkyl halides is 3. The van der Waals surface area contributed by atoms with Crippen LogP contribution in [0.3, 0.4) is 0 Å². The van der Waals surface area contributed by atoms with Crippen LogP contribution >= 0.6 is 0 Å². The van der Waals surface area contributed by atoms with E-state index in [1.165, 1.54) is 0 Å². The van der Waals surface area contributed by atoms with Gasteiger partial charge in [-0.15, -0.1) is 0 Å². The van der Waals surface area contributed by atoms with E-state index in [1.54, 1.807) is 30.3 Å². The van der Waals surface area contributed by atoms with Crippen molar-refractivity contribution in [2.45, 2.75) is 49.2 Å². The molecule has 3 rings (SSSR count). The minimum absolute atomic E-state index is 0.295. The number of carbonyl (C=O) groups excluding carboxylic acids is 2. The number of carbonyl (C=O) groups is 2. The van der Waals surface area contributed by atoms with E-state index in [-0.39, 0.29) is 6.61 Å². The Morgan fingerprint density at radius 3 is 2.31 bits per heavy atom. The number of halogens is 3. The Balaban J connectivity index is 2.01. The molecule has 32 heavy (non-hydrogen) atoms. The van der Waals surface area contributed by atoms with Crippen LogP contribution in [0.4, 0.5) is 13.2 Å². The van der Waals surface area contributed by atoms with Crippen LogP contribution in [-0.4, -0.2) is 70.1 Å². The Kier molecular flexibility index (Phi) is 7.09. The van der Waals surface area contributed by atoms with Crippen molar-refractivity contribution in [2.24, 2.45) is 0 Å². The Morgan fingerprint density at radius 1 is 1.09 bits per heavy atom. The first kappa shape index (κ1) is 24.4. The molecule has 0 amide bonds. The van der Waals surface area contributed by atoms with Crippen molar-refractivity contribution < 1.29 is 59.0 Å². The first-order chi connectivity index (χ1) is 14.9. The van der Waals surface area contributed by atoms with Gasteiger partial charge in [0.15, 0.2) is 18.5 Å². The molecule has 0 spiro atoms. The molecule has 2 fully saturated rings. The topological polar surface area (TPSA) is 124 Å². The van der Waals surface area contributed by atoms with Gasteiger partial charge in [0.25, 0.3) is 0 Å². The molecule has 0 bridgehead atoms. The zero-order valence-electron chi connectivity index (χ0n) is 16.7. The summed E-state index contributed by atoms with van der Waals surface area (Å²) >= 11 is 0. The smallest absolute Gasteiger partial charge is 0.467 e. The fraction of sp³-hybridized carbons (Fsp3) is 0.556. The van der Waals surface area contributed by atoms with Crippen LogP contribution in [0.25, 0.3) is 0 Å². The molecule has 0 aromatic heterocycles. The molecule has 1 aromatic rings. The highest BCUT2D eigenvalue weighted by molar-refractivity contribution is 7.87. The van der Waals surface area contributed by atoms with Gasteiger partial charge in [-0.1, -0.05) is 30.3 Å². The van der Waals surface area contributed by atoms with Crippen molar-refractivity contribution in [3.63, 3.8) is 0 Å². The molecule has 2 aliphatic rings. The van der Waals surface area contributed by atoms with E-state index < -0.39 is 64.4 Å². The Hall–Kier alpha value is -2.26. The Labute approximate surface area is 180 Å². The molecule has 2 heterocycles. The number of benzene rings is 1. The van der Waals surface area contributed by atoms with E-state index in [9.17, 15) is 31.2 Å². The molecule has 0 N–H and O–H groups in total. The van der Waals surface area contributed by atoms with E-state index in [1.807, 2.05) is 0 Å². The summed E-state index contributed by atoms with van der Waals surface area (Å²) in [6.07, 6.45) is -9.68. The van der Waals surface area contributed by atoms with Gasteiger partial charge in [0.2, 0.25) is 0 Å². The van der Waals surface area contributed by atoms with Crippen molar-refractivity contribution in [2.75, 3.05) is 13.7 Å². The van der Waals surface area contributed by atoms with E-state index in [4.69, 9.17) is 18.9 Å². The maximum atomic E-state index is 13.1. The molecule has 2 saturated heterocycles. The van der Waals surface area contributed by atoms with E-state index in [2.05, 4.69) is 8.92 Å². The van der Waals surface area contributed by atoms with Crippen LogP contribution in [0.2, 0.25) is 0 Å². The maximum absolute atomic E-state index is 13.1. The van der Waals surface area contributed by atoms with Crippen molar-refractivity contribution in [3.05, 3.63) is 35.9 Å². The van der Waals surface area contributed by atoms with Crippen molar-refractivity contribution in [3.8, 4) is 0 Å². The van der Waals surface area contributed by atoms with Gasteiger partial charge in [0.1, 0.15) is 18.3 Å². The minimum atomic E-state index is -6.17. The zero-order valence-corrected chi connectivity index (χ0v) is 17.5. The normalized spacial score (nSPS) is 30.8. The van der Waals surface area contributed by atoms with Crippen LogP contribution in [0.1, 0.15) is 18.8 Å². The molecule has 1 aromatic carbocycles. The van der Waals surface area contributed by atoms with Crippen LogP contribution in [0.5, 0.6) is 0 Å². The third-order valence-electron chi connectivity index (χ3n) is 4.65. The second-order valence-electron chi connectivity index (χ2n) is 6.83. The lowest BCUT2D eigenvalue weighted by atomic mass is 9.93. The second-order valence-corrected chi connectivity index (χ2v) is 8.39. The molecular weight excluding hydrogens is 465 g/mol. The summed E-state index contributed by atoms with van der Waals surface area (Å²) < 4.78 is 93.4. The molecule has 14 heteroatoms. The van der Waals surface area contributed by atoms with Crippen LogP contribution in [0, 0.1) is 0 Å². The predicted octanol–water partition coefficient (Wildman–Crippen LogP) is 1.21. The molecule has 0 radical (unpaired) electrons. The van der Waals surface area contributed by atoms with Gasteiger partial charge in [-0.2, -0.15) is 21.6 Å². The number of hydrogen-bond donors (Lipinski definition) is 0. The summed E-state index contributed by atoms with van der Waals surface area (Å²) in [5.41, 5.74) is -5.31. The average Bonchev–Trinajstić information content (AvgIpc) is 2.73. The number of hydrogen-bond acceptors (Lipinski definition) is 10. The number of esters is 2. The molecule has 0 unspecified atom stereocenters. The fourth-order valence-corrected chi connectivity index (χ4v) is 3.92. The van der Waals surface area contributed by atoms with E-state index in [0.29, 0.717) is 5.56 Å². The first-order valence-electron chi connectivity index (χ1n) is 9.16. The van der Waals surface area contributed by atoms with Gasteiger partial charge in [-0.25, -0.2) is 4.79 Å². The highest BCUT2D eigenvalue weighted by Gasteiger charge is 2.59. The number of ether oxygens (including phenoxy) is 5. The Morgan fingerprint density at radius 2 is 1.75 bits per heavy atom. The van der Waals surface area contributed by atoms with Gasteiger partial charge in [-0.05, 0) is 0 Å². The van der Waals surface area contributed by atoms with Gasteiger partial charge in [-0.3, -0.25) is 8.98 Å². The van der Waals surface area contributed by atoms with Gasteiger partial charge in [0.05, 0.1) is 13.7 Å².